The molecule has 0 saturated carbocycles. The molecule has 0 unspecified atom stereocenters. The SMILES string of the molecule is C[Si]1(C)CCC[Si](C)(C)CCC1. The van der Waals surface area contributed by atoms with Crippen molar-refractivity contribution in [3.8, 4) is 0 Å². The molecule has 1 aliphatic heterocycles. The van der Waals surface area contributed by atoms with E-state index in [4.69, 9.17) is 0 Å². The van der Waals surface area contributed by atoms with Crippen LogP contribution in [-0.2, 0) is 0 Å². The summed E-state index contributed by atoms with van der Waals surface area (Å²) in [7, 11) is -1.43. The Morgan fingerprint density at radius 3 is 1.08 bits per heavy atom. The number of rotatable bonds is 0. The maximum absolute atomic E-state index is 2.58. The molecule has 1 heterocycles. The fourth-order valence-corrected chi connectivity index (χ4v) is 8.08. The molecule has 0 spiro atoms. The molecule has 1 aliphatic rings. The summed E-state index contributed by atoms with van der Waals surface area (Å²) in [6.07, 6.45) is 3.11. The van der Waals surface area contributed by atoms with Crippen molar-refractivity contribution in [1.29, 1.82) is 0 Å². The maximum atomic E-state index is 2.58. The highest BCUT2D eigenvalue weighted by molar-refractivity contribution is 6.80. The van der Waals surface area contributed by atoms with Gasteiger partial charge in [0.15, 0.2) is 0 Å². The van der Waals surface area contributed by atoms with E-state index in [2.05, 4.69) is 26.2 Å². The first-order valence-corrected chi connectivity index (χ1v) is 12.2. The summed E-state index contributed by atoms with van der Waals surface area (Å²) in [4.78, 5) is 0. The minimum absolute atomic E-state index is 0.713. The molecule has 1 fully saturated rings. The van der Waals surface area contributed by atoms with Crippen LogP contribution in [0.4, 0.5) is 0 Å². The van der Waals surface area contributed by atoms with Gasteiger partial charge in [-0.15, -0.1) is 0 Å². The standard InChI is InChI=1S/C10H24Si2/c1-11(2)7-5-9-12(3,4)10-6-8-11/h5-10H2,1-4H3. The predicted octanol–water partition coefficient (Wildman–Crippen LogP) is 4.20. The summed E-state index contributed by atoms with van der Waals surface area (Å²) in [6, 6.07) is 6.40. The third kappa shape index (κ3) is 3.44. The Morgan fingerprint density at radius 1 is 0.583 bits per heavy atom. The molecule has 0 radical (unpaired) electrons. The fourth-order valence-electron chi connectivity index (χ4n) is 2.34. The van der Waals surface area contributed by atoms with Crippen molar-refractivity contribution in [3.63, 3.8) is 0 Å². The molecule has 1 saturated heterocycles. The lowest BCUT2D eigenvalue weighted by atomic mass is 10.5. The predicted molar refractivity (Wildman–Crippen MR) is 63.4 cm³/mol. The Bertz CT molecular complexity index is 120. The Labute approximate surface area is 79.8 Å². The van der Waals surface area contributed by atoms with Crippen molar-refractivity contribution < 1.29 is 0 Å². The van der Waals surface area contributed by atoms with Gasteiger partial charge in [-0.25, -0.2) is 0 Å². The van der Waals surface area contributed by atoms with Crippen LogP contribution in [-0.4, -0.2) is 16.1 Å². The first-order chi connectivity index (χ1) is 5.41. The minimum atomic E-state index is -0.713. The third-order valence-corrected chi connectivity index (χ3v) is 10.2. The first-order valence-electron chi connectivity index (χ1n) is 5.41. The van der Waals surface area contributed by atoms with Crippen molar-refractivity contribution in [2.24, 2.45) is 0 Å². The highest BCUT2D eigenvalue weighted by atomic mass is 28.3. The Morgan fingerprint density at radius 2 is 0.833 bits per heavy atom. The largest absolute Gasteiger partial charge is 0.0693 e. The third-order valence-electron chi connectivity index (χ3n) is 3.41. The van der Waals surface area contributed by atoms with Gasteiger partial charge in [-0.1, -0.05) is 63.2 Å². The van der Waals surface area contributed by atoms with Crippen molar-refractivity contribution in [1.82, 2.24) is 0 Å². The van der Waals surface area contributed by atoms with Crippen molar-refractivity contribution in [2.75, 3.05) is 0 Å². The molecule has 12 heavy (non-hydrogen) atoms. The van der Waals surface area contributed by atoms with Gasteiger partial charge < -0.3 is 0 Å². The van der Waals surface area contributed by atoms with Gasteiger partial charge in [0.25, 0.3) is 0 Å². The molecule has 0 amide bonds. The van der Waals surface area contributed by atoms with Gasteiger partial charge in [0.2, 0.25) is 0 Å². The summed E-state index contributed by atoms with van der Waals surface area (Å²) in [5.74, 6) is 0. The van der Waals surface area contributed by atoms with Crippen LogP contribution >= 0.6 is 0 Å². The van der Waals surface area contributed by atoms with E-state index >= 15 is 0 Å². The van der Waals surface area contributed by atoms with Crippen LogP contribution in [0.1, 0.15) is 12.8 Å². The number of hydrogen-bond acceptors (Lipinski definition) is 0. The summed E-state index contributed by atoms with van der Waals surface area (Å²) in [6.45, 7) is 10.3. The van der Waals surface area contributed by atoms with Crippen LogP contribution in [0.15, 0.2) is 0 Å². The molecule has 0 nitrogen and oxygen atoms in total. The molecule has 0 N–H and O–H groups in total. The molecule has 0 bridgehead atoms. The Hall–Kier alpha value is 0.434. The number of hydrogen-bond donors (Lipinski definition) is 0. The molecule has 2 heteroatoms. The highest BCUT2D eigenvalue weighted by Crippen LogP contribution is 2.31. The monoisotopic (exact) mass is 200 g/mol. The van der Waals surface area contributed by atoms with Gasteiger partial charge in [-0.2, -0.15) is 0 Å². The lowest BCUT2D eigenvalue weighted by Crippen LogP contribution is -2.32. The van der Waals surface area contributed by atoms with Gasteiger partial charge in [0.1, 0.15) is 0 Å². The molecule has 0 atom stereocenters. The smallest absolute Gasteiger partial charge is 0.0473 e. The van der Waals surface area contributed by atoms with Crippen molar-refractivity contribution in [3.05, 3.63) is 0 Å². The lowest BCUT2D eigenvalue weighted by Gasteiger charge is -2.31. The molecule has 0 aromatic rings. The average molecular weight is 200 g/mol. The molecular formula is C10H24Si2. The van der Waals surface area contributed by atoms with Crippen molar-refractivity contribution >= 4 is 16.1 Å². The Kier molecular flexibility index (Phi) is 3.21. The highest BCUT2D eigenvalue weighted by Gasteiger charge is 2.28. The molecule has 0 aromatic heterocycles. The fraction of sp³-hybridized carbons (Fsp3) is 1.00. The lowest BCUT2D eigenvalue weighted by molar-refractivity contribution is 0.906. The van der Waals surface area contributed by atoms with E-state index < -0.39 is 16.1 Å². The zero-order valence-electron chi connectivity index (χ0n) is 9.24. The van der Waals surface area contributed by atoms with Gasteiger partial charge in [-0.3, -0.25) is 0 Å². The van der Waals surface area contributed by atoms with E-state index in [1.165, 1.54) is 0 Å². The second kappa shape index (κ2) is 3.66. The quantitative estimate of drug-likeness (QED) is 0.514. The van der Waals surface area contributed by atoms with E-state index in [1.807, 2.05) is 0 Å². The second-order valence-corrected chi connectivity index (χ2v) is 16.7. The second-order valence-electron chi connectivity index (χ2n) is 6.04. The van der Waals surface area contributed by atoms with Gasteiger partial charge in [0, 0.05) is 16.1 Å². The van der Waals surface area contributed by atoms with E-state index in [0.717, 1.165) is 0 Å². The molecule has 0 aromatic carbocycles. The normalized spacial score (nSPS) is 29.0. The zero-order valence-corrected chi connectivity index (χ0v) is 11.2. The summed E-state index contributed by atoms with van der Waals surface area (Å²) in [5.41, 5.74) is 0. The summed E-state index contributed by atoms with van der Waals surface area (Å²) >= 11 is 0. The van der Waals surface area contributed by atoms with Gasteiger partial charge in [-0.05, 0) is 0 Å². The average Bonchev–Trinajstić information content (AvgIpc) is 1.82. The van der Waals surface area contributed by atoms with Gasteiger partial charge >= 0.3 is 0 Å². The van der Waals surface area contributed by atoms with E-state index in [1.54, 1.807) is 37.0 Å². The molecule has 1 rings (SSSR count). The van der Waals surface area contributed by atoms with Gasteiger partial charge in [0.05, 0.1) is 0 Å². The van der Waals surface area contributed by atoms with Crippen LogP contribution in [0.25, 0.3) is 0 Å². The summed E-state index contributed by atoms with van der Waals surface area (Å²) in [5, 5.41) is 0. The first kappa shape index (κ1) is 10.5. The van der Waals surface area contributed by atoms with E-state index in [-0.39, 0.29) is 0 Å². The van der Waals surface area contributed by atoms with Crippen LogP contribution < -0.4 is 0 Å². The molecule has 72 valence electrons. The zero-order chi connectivity index (χ0) is 9.24. The minimum Gasteiger partial charge on any atom is -0.0693 e. The topological polar surface area (TPSA) is 0 Å². The van der Waals surface area contributed by atoms with Crippen LogP contribution in [0.5, 0.6) is 0 Å². The van der Waals surface area contributed by atoms with E-state index in [0.29, 0.717) is 0 Å². The molecule has 0 aliphatic carbocycles. The summed E-state index contributed by atoms with van der Waals surface area (Å²) < 4.78 is 0. The van der Waals surface area contributed by atoms with Crippen LogP contribution in [0.2, 0.25) is 50.4 Å². The maximum Gasteiger partial charge on any atom is 0.0473 e. The van der Waals surface area contributed by atoms with E-state index in [9.17, 15) is 0 Å². The van der Waals surface area contributed by atoms with Crippen LogP contribution in [0, 0.1) is 0 Å². The molecular weight excluding hydrogens is 176 g/mol. The van der Waals surface area contributed by atoms with Crippen LogP contribution in [0.3, 0.4) is 0 Å². The Balaban J connectivity index is 2.45. The van der Waals surface area contributed by atoms with Crippen molar-refractivity contribution in [2.45, 2.75) is 63.2 Å².